The lowest BCUT2D eigenvalue weighted by Crippen LogP contribution is -2.20. The van der Waals surface area contributed by atoms with Crippen LogP contribution in [0.25, 0.3) is 0 Å². The van der Waals surface area contributed by atoms with E-state index in [0.29, 0.717) is 6.04 Å². The zero-order valence-electron chi connectivity index (χ0n) is 11.7. The van der Waals surface area contributed by atoms with E-state index in [9.17, 15) is 0 Å². The molecule has 1 N–H and O–H groups in total. The van der Waals surface area contributed by atoms with Gasteiger partial charge in [0.05, 0.1) is 0 Å². The Morgan fingerprint density at radius 1 is 1.28 bits per heavy atom. The average Bonchev–Trinajstić information content (AvgIpc) is 2.86. The highest BCUT2D eigenvalue weighted by molar-refractivity contribution is 5.29. The molecule has 0 heterocycles. The molecule has 1 aromatic rings. The minimum absolute atomic E-state index is 0.595. The Balaban J connectivity index is 1.77. The number of nitrogens with one attached hydrogen (secondary N) is 1. The third-order valence-corrected chi connectivity index (χ3v) is 5.02. The van der Waals surface area contributed by atoms with Crippen LogP contribution in [0.3, 0.4) is 0 Å². The molecule has 2 fully saturated rings. The van der Waals surface area contributed by atoms with Gasteiger partial charge in [-0.05, 0) is 55.2 Å². The second-order valence-electron chi connectivity index (χ2n) is 6.10. The molecule has 1 heteroatoms. The molecule has 0 aromatic heterocycles. The Bertz CT molecular complexity index is 402. The molecule has 98 valence electrons. The summed E-state index contributed by atoms with van der Waals surface area (Å²) in [6.07, 6.45) is 6.87. The lowest BCUT2D eigenvalue weighted by atomic mass is 9.95. The molecule has 2 aliphatic carbocycles. The Morgan fingerprint density at radius 3 is 2.72 bits per heavy atom. The number of hydrogen-bond donors (Lipinski definition) is 1. The number of benzene rings is 1. The van der Waals surface area contributed by atoms with Crippen molar-refractivity contribution < 1.29 is 0 Å². The van der Waals surface area contributed by atoms with Gasteiger partial charge in [0.1, 0.15) is 0 Å². The van der Waals surface area contributed by atoms with Crippen LogP contribution in [0.15, 0.2) is 24.3 Å². The molecule has 0 spiro atoms. The first-order chi connectivity index (χ1) is 8.85. The summed E-state index contributed by atoms with van der Waals surface area (Å²) in [6, 6.07) is 9.85. The van der Waals surface area contributed by atoms with Crippen molar-refractivity contribution in [1.29, 1.82) is 0 Å². The molecule has 0 amide bonds. The highest BCUT2D eigenvalue weighted by Gasteiger charge is 2.55. The SMILES string of the molecule is CCCc1cccc(C(NC)C2C3CCCC32)c1. The van der Waals surface area contributed by atoms with Crippen LogP contribution in [0.5, 0.6) is 0 Å². The lowest BCUT2D eigenvalue weighted by Gasteiger charge is -2.19. The smallest absolute Gasteiger partial charge is 0.0351 e. The number of rotatable bonds is 5. The maximum Gasteiger partial charge on any atom is 0.0351 e. The van der Waals surface area contributed by atoms with E-state index >= 15 is 0 Å². The topological polar surface area (TPSA) is 12.0 Å². The van der Waals surface area contributed by atoms with Crippen molar-refractivity contribution in [3.05, 3.63) is 35.4 Å². The van der Waals surface area contributed by atoms with E-state index in [0.717, 1.165) is 17.8 Å². The fourth-order valence-electron chi connectivity index (χ4n) is 4.18. The minimum atomic E-state index is 0.595. The molecule has 3 atom stereocenters. The minimum Gasteiger partial charge on any atom is -0.313 e. The van der Waals surface area contributed by atoms with Crippen molar-refractivity contribution >= 4 is 0 Å². The van der Waals surface area contributed by atoms with Crippen molar-refractivity contribution in [2.75, 3.05) is 7.05 Å². The van der Waals surface area contributed by atoms with E-state index < -0.39 is 0 Å². The summed E-state index contributed by atoms with van der Waals surface area (Å²) in [7, 11) is 2.13. The van der Waals surface area contributed by atoms with Gasteiger partial charge in [-0.25, -0.2) is 0 Å². The zero-order chi connectivity index (χ0) is 12.5. The normalized spacial score (nSPS) is 31.1. The molecule has 3 rings (SSSR count). The quantitative estimate of drug-likeness (QED) is 0.826. The standard InChI is InChI=1S/C17H25N/c1-3-6-12-7-4-8-13(11-12)17(18-2)16-14-9-5-10-15(14)16/h4,7-8,11,14-18H,3,5-6,9-10H2,1-2H3. The van der Waals surface area contributed by atoms with Crippen LogP contribution in [0.4, 0.5) is 0 Å². The molecule has 0 radical (unpaired) electrons. The third-order valence-electron chi connectivity index (χ3n) is 5.02. The van der Waals surface area contributed by atoms with Gasteiger partial charge in [-0.2, -0.15) is 0 Å². The second-order valence-corrected chi connectivity index (χ2v) is 6.10. The molecule has 18 heavy (non-hydrogen) atoms. The summed E-state index contributed by atoms with van der Waals surface area (Å²) in [5.74, 6) is 2.97. The van der Waals surface area contributed by atoms with Crippen LogP contribution in [-0.2, 0) is 6.42 Å². The first kappa shape index (κ1) is 12.2. The van der Waals surface area contributed by atoms with Crippen LogP contribution in [0.1, 0.15) is 49.8 Å². The van der Waals surface area contributed by atoms with Gasteiger partial charge in [-0.3, -0.25) is 0 Å². The first-order valence-corrected chi connectivity index (χ1v) is 7.61. The van der Waals surface area contributed by atoms with Gasteiger partial charge in [0.25, 0.3) is 0 Å². The molecule has 2 aliphatic rings. The maximum absolute atomic E-state index is 3.58. The van der Waals surface area contributed by atoms with Gasteiger partial charge in [0.2, 0.25) is 0 Å². The summed E-state index contributed by atoms with van der Waals surface area (Å²) >= 11 is 0. The molecular weight excluding hydrogens is 218 g/mol. The van der Waals surface area contributed by atoms with Gasteiger partial charge in [0, 0.05) is 6.04 Å². The average molecular weight is 243 g/mol. The van der Waals surface area contributed by atoms with Crippen LogP contribution in [-0.4, -0.2) is 7.05 Å². The summed E-state index contributed by atoms with van der Waals surface area (Å²) in [5.41, 5.74) is 3.02. The molecule has 0 aliphatic heterocycles. The highest BCUT2D eigenvalue weighted by Crippen LogP contribution is 2.62. The molecule has 1 aromatic carbocycles. The molecule has 3 unspecified atom stereocenters. The van der Waals surface area contributed by atoms with Gasteiger partial charge >= 0.3 is 0 Å². The molecule has 2 saturated carbocycles. The molecular formula is C17H25N. The van der Waals surface area contributed by atoms with Crippen LogP contribution in [0, 0.1) is 17.8 Å². The van der Waals surface area contributed by atoms with Crippen molar-refractivity contribution in [3.8, 4) is 0 Å². The second kappa shape index (κ2) is 5.05. The predicted molar refractivity (Wildman–Crippen MR) is 76.6 cm³/mol. The van der Waals surface area contributed by atoms with E-state index in [1.54, 1.807) is 0 Å². The Kier molecular flexibility index (Phi) is 3.43. The van der Waals surface area contributed by atoms with Crippen molar-refractivity contribution in [1.82, 2.24) is 5.32 Å². The number of hydrogen-bond acceptors (Lipinski definition) is 1. The monoisotopic (exact) mass is 243 g/mol. The van der Waals surface area contributed by atoms with Gasteiger partial charge < -0.3 is 5.32 Å². The summed E-state index contributed by atoms with van der Waals surface area (Å²) in [5, 5.41) is 3.58. The Morgan fingerprint density at radius 2 is 2.06 bits per heavy atom. The summed E-state index contributed by atoms with van der Waals surface area (Å²) in [6.45, 7) is 2.26. The van der Waals surface area contributed by atoms with Gasteiger partial charge in [0.15, 0.2) is 0 Å². The van der Waals surface area contributed by atoms with Crippen molar-refractivity contribution in [3.63, 3.8) is 0 Å². The molecule has 1 nitrogen and oxygen atoms in total. The van der Waals surface area contributed by atoms with Gasteiger partial charge in [-0.15, -0.1) is 0 Å². The van der Waals surface area contributed by atoms with Crippen molar-refractivity contribution in [2.24, 2.45) is 17.8 Å². The predicted octanol–water partition coefficient (Wildman–Crippen LogP) is 3.95. The van der Waals surface area contributed by atoms with E-state index in [1.807, 2.05) is 0 Å². The maximum atomic E-state index is 3.58. The summed E-state index contributed by atoms with van der Waals surface area (Å²) < 4.78 is 0. The fraction of sp³-hybridized carbons (Fsp3) is 0.647. The Labute approximate surface area is 111 Å². The van der Waals surface area contributed by atoms with E-state index in [2.05, 4.69) is 43.6 Å². The molecule has 0 bridgehead atoms. The summed E-state index contributed by atoms with van der Waals surface area (Å²) in [4.78, 5) is 0. The third kappa shape index (κ3) is 2.09. The Hall–Kier alpha value is -0.820. The van der Waals surface area contributed by atoms with Crippen LogP contribution < -0.4 is 5.32 Å². The van der Waals surface area contributed by atoms with E-state index in [1.165, 1.54) is 43.2 Å². The highest BCUT2D eigenvalue weighted by atomic mass is 14.9. The largest absolute Gasteiger partial charge is 0.313 e. The number of fused-ring (bicyclic) bond motifs is 1. The lowest BCUT2D eigenvalue weighted by molar-refractivity contribution is 0.444. The zero-order valence-corrected chi connectivity index (χ0v) is 11.7. The van der Waals surface area contributed by atoms with Crippen molar-refractivity contribution in [2.45, 2.75) is 45.1 Å². The first-order valence-electron chi connectivity index (χ1n) is 7.61. The van der Waals surface area contributed by atoms with Gasteiger partial charge in [-0.1, -0.05) is 44.0 Å². The molecule has 0 saturated heterocycles. The van der Waals surface area contributed by atoms with E-state index in [-0.39, 0.29) is 0 Å². The number of aryl methyl sites for hydroxylation is 1. The fourth-order valence-corrected chi connectivity index (χ4v) is 4.18. The van der Waals surface area contributed by atoms with Crippen LogP contribution in [0.2, 0.25) is 0 Å². The van der Waals surface area contributed by atoms with Crippen LogP contribution >= 0.6 is 0 Å². The van der Waals surface area contributed by atoms with E-state index in [4.69, 9.17) is 0 Å².